The van der Waals surface area contributed by atoms with Gasteiger partial charge in [-0.1, -0.05) is 53.8 Å². The van der Waals surface area contributed by atoms with Crippen molar-refractivity contribution in [2.75, 3.05) is 11.4 Å². The number of carbonyl (C=O) groups excluding carboxylic acids is 1. The maximum Gasteiger partial charge on any atom is 0.233 e. The van der Waals surface area contributed by atoms with Gasteiger partial charge in [-0.2, -0.15) is 5.10 Å². The predicted molar refractivity (Wildman–Crippen MR) is 122 cm³/mol. The van der Waals surface area contributed by atoms with Crippen LogP contribution < -0.4 is 4.90 Å². The first-order valence-corrected chi connectivity index (χ1v) is 10.8. The van der Waals surface area contributed by atoms with Crippen LogP contribution >= 0.6 is 11.3 Å². The molecule has 0 atom stereocenters. The van der Waals surface area contributed by atoms with Gasteiger partial charge in [-0.3, -0.25) is 14.4 Å². The van der Waals surface area contributed by atoms with Crippen molar-refractivity contribution in [3.63, 3.8) is 0 Å². The molecule has 5 nitrogen and oxygen atoms in total. The van der Waals surface area contributed by atoms with Gasteiger partial charge in [0.15, 0.2) is 5.13 Å². The van der Waals surface area contributed by atoms with E-state index in [4.69, 9.17) is 0 Å². The number of benzene rings is 3. The third-order valence-electron chi connectivity index (χ3n) is 5.15. The summed E-state index contributed by atoms with van der Waals surface area (Å²) in [5, 5.41) is 7.04. The molecule has 154 valence electrons. The van der Waals surface area contributed by atoms with Gasteiger partial charge in [-0.15, -0.1) is 0 Å². The number of amides is 1. The van der Waals surface area contributed by atoms with Gasteiger partial charge in [0.25, 0.3) is 0 Å². The lowest BCUT2D eigenvalue weighted by Crippen LogP contribution is -2.35. The Labute approximate surface area is 182 Å². The molecule has 0 fully saturated rings. The standard InChI is InChI=1S/C24H19FN4OS/c25-20-8-9-21-22(16-20)31-24(27-21)29(13-12-28-11-3-10-26-28)23(30)15-17-6-7-18-4-1-2-5-19(18)14-17/h1-11,14,16H,12-13,15H2. The molecule has 2 aromatic heterocycles. The number of rotatable bonds is 6. The third kappa shape index (κ3) is 4.18. The highest BCUT2D eigenvalue weighted by Crippen LogP contribution is 2.30. The number of hydrogen-bond acceptors (Lipinski definition) is 4. The topological polar surface area (TPSA) is 51.0 Å². The molecule has 5 rings (SSSR count). The summed E-state index contributed by atoms with van der Waals surface area (Å²) in [7, 11) is 0. The summed E-state index contributed by atoms with van der Waals surface area (Å²) in [4.78, 5) is 19.6. The van der Waals surface area contributed by atoms with Gasteiger partial charge in [0.2, 0.25) is 5.91 Å². The van der Waals surface area contributed by atoms with E-state index in [9.17, 15) is 9.18 Å². The lowest BCUT2D eigenvalue weighted by molar-refractivity contribution is -0.118. The van der Waals surface area contributed by atoms with Crippen LogP contribution in [0.5, 0.6) is 0 Å². The second-order valence-electron chi connectivity index (χ2n) is 7.28. The molecule has 0 spiro atoms. The van der Waals surface area contributed by atoms with Crippen molar-refractivity contribution in [2.24, 2.45) is 0 Å². The number of fused-ring (bicyclic) bond motifs is 2. The number of hydrogen-bond donors (Lipinski definition) is 0. The van der Waals surface area contributed by atoms with Gasteiger partial charge in [0.05, 0.1) is 23.2 Å². The molecule has 0 saturated carbocycles. The second-order valence-corrected chi connectivity index (χ2v) is 8.29. The van der Waals surface area contributed by atoms with E-state index in [1.807, 2.05) is 48.7 Å². The molecule has 0 aliphatic heterocycles. The predicted octanol–water partition coefficient (Wildman–Crippen LogP) is 5.06. The van der Waals surface area contributed by atoms with Gasteiger partial charge >= 0.3 is 0 Å². The fraction of sp³-hybridized carbons (Fsp3) is 0.125. The van der Waals surface area contributed by atoms with Crippen LogP contribution in [0.2, 0.25) is 0 Å². The lowest BCUT2D eigenvalue weighted by atomic mass is 10.0. The molecule has 0 radical (unpaired) electrons. The summed E-state index contributed by atoms with van der Waals surface area (Å²) in [6.45, 7) is 0.969. The summed E-state index contributed by atoms with van der Waals surface area (Å²) in [5.74, 6) is -0.366. The Morgan fingerprint density at radius 1 is 1.03 bits per heavy atom. The molecule has 1 amide bonds. The van der Waals surface area contributed by atoms with E-state index < -0.39 is 0 Å². The number of carbonyl (C=O) groups is 1. The Bertz CT molecular complexity index is 1360. The van der Waals surface area contributed by atoms with Crippen molar-refractivity contribution in [3.05, 3.63) is 90.5 Å². The summed E-state index contributed by atoms with van der Waals surface area (Å²) in [5.41, 5.74) is 1.63. The Balaban J connectivity index is 1.44. The van der Waals surface area contributed by atoms with E-state index in [0.29, 0.717) is 23.7 Å². The molecular formula is C24H19FN4OS. The minimum absolute atomic E-state index is 0.0537. The summed E-state index contributed by atoms with van der Waals surface area (Å²) >= 11 is 1.32. The summed E-state index contributed by atoms with van der Waals surface area (Å²) in [6, 6.07) is 20.5. The number of halogens is 1. The average Bonchev–Trinajstić information content (AvgIpc) is 3.43. The van der Waals surface area contributed by atoms with Crippen LogP contribution in [0.1, 0.15) is 5.56 Å². The molecule has 0 bridgehead atoms. The van der Waals surface area contributed by atoms with Crippen LogP contribution in [0.4, 0.5) is 9.52 Å². The first-order chi connectivity index (χ1) is 15.2. The summed E-state index contributed by atoms with van der Waals surface area (Å²) in [6.07, 6.45) is 3.83. The van der Waals surface area contributed by atoms with Crippen LogP contribution in [0.25, 0.3) is 21.0 Å². The minimum atomic E-state index is -0.312. The highest BCUT2D eigenvalue weighted by Gasteiger charge is 2.20. The fourth-order valence-corrected chi connectivity index (χ4v) is 4.62. The SMILES string of the molecule is O=C(Cc1ccc2ccccc2c1)N(CCn1cccn1)c1nc2ccc(F)cc2s1. The minimum Gasteiger partial charge on any atom is -0.286 e. The van der Waals surface area contributed by atoms with Crippen LogP contribution in [0, 0.1) is 5.82 Å². The second kappa shape index (κ2) is 8.28. The van der Waals surface area contributed by atoms with Crippen molar-refractivity contribution in [1.29, 1.82) is 0 Å². The first-order valence-electron chi connectivity index (χ1n) is 9.97. The number of thiazole rings is 1. The average molecular weight is 431 g/mol. The van der Waals surface area contributed by atoms with Crippen molar-refractivity contribution < 1.29 is 9.18 Å². The molecular weight excluding hydrogens is 411 g/mol. The third-order valence-corrected chi connectivity index (χ3v) is 6.19. The van der Waals surface area contributed by atoms with Gasteiger partial charge in [-0.25, -0.2) is 9.37 Å². The molecule has 0 aliphatic carbocycles. The molecule has 0 aliphatic rings. The van der Waals surface area contributed by atoms with Crippen molar-refractivity contribution in [2.45, 2.75) is 13.0 Å². The van der Waals surface area contributed by atoms with E-state index in [1.165, 1.54) is 23.5 Å². The Morgan fingerprint density at radius 2 is 1.90 bits per heavy atom. The zero-order valence-electron chi connectivity index (χ0n) is 16.6. The summed E-state index contributed by atoms with van der Waals surface area (Å²) < 4.78 is 16.1. The van der Waals surface area contributed by atoms with E-state index in [-0.39, 0.29) is 18.1 Å². The number of nitrogens with zero attached hydrogens (tertiary/aromatic N) is 4. The van der Waals surface area contributed by atoms with Crippen molar-refractivity contribution in [1.82, 2.24) is 14.8 Å². The van der Waals surface area contributed by atoms with Gasteiger partial charge in [0.1, 0.15) is 5.82 Å². The molecule has 5 aromatic rings. The lowest BCUT2D eigenvalue weighted by Gasteiger charge is -2.20. The molecule has 3 aromatic carbocycles. The van der Waals surface area contributed by atoms with E-state index in [0.717, 1.165) is 21.0 Å². The smallest absolute Gasteiger partial charge is 0.233 e. The van der Waals surface area contributed by atoms with Crippen LogP contribution in [-0.4, -0.2) is 27.2 Å². The molecule has 0 saturated heterocycles. The maximum absolute atomic E-state index is 13.6. The number of anilines is 1. The quantitative estimate of drug-likeness (QED) is 0.378. The Hall–Kier alpha value is -3.58. The van der Waals surface area contributed by atoms with Crippen LogP contribution in [0.3, 0.4) is 0 Å². The van der Waals surface area contributed by atoms with Gasteiger partial charge < -0.3 is 0 Å². The van der Waals surface area contributed by atoms with Crippen LogP contribution in [0.15, 0.2) is 79.1 Å². The highest BCUT2D eigenvalue weighted by molar-refractivity contribution is 7.22. The van der Waals surface area contributed by atoms with Gasteiger partial charge in [-0.05, 0) is 40.6 Å². The van der Waals surface area contributed by atoms with E-state index in [1.54, 1.807) is 21.8 Å². The van der Waals surface area contributed by atoms with Gasteiger partial charge in [0, 0.05) is 18.9 Å². The Morgan fingerprint density at radius 3 is 2.74 bits per heavy atom. The monoisotopic (exact) mass is 430 g/mol. The maximum atomic E-state index is 13.6. The van der Waals surface area contributed by atoms with Crippen LogP contribution in [-0.2, 0) is 17.8 Å². The van der Waals surface area contributed by atoms with E-state index >= 15 is 0 Å². The molecule has 0 N–H and O–H groups in total. The zero-order chi connectivity index (χ0) is 21.2. The molecule has 7 heteroatoms. The first kappa shape index (κ1) is 19.4. The fourth-order valence-electron chi connectivity index (χ4n) is 3.58. The molecule has 0 unspecified atom stereocenters. The van der Waals surface area contributed by atoms with Crippen molar-refractivity contribution in [3.8, 4) is 0 Å². The highest BCUT2D eigenvalue weighted by atomic mass is 32.1. The zero-order valence-corrected chi connectivity index (χ0v) is 17.4. The van der Waals surface area contributed by atoms with E-state index in [2.05, 4.69) is 16.1 Å². The normalized spacial score (nSPS) is 11.3. The number of aromatic nitrogens is 3. The molecule has 31 heavy (non-hydrogen) atoms. The van der Waals surface area contributed by atoms with Crippen molar-refractivity contribution >= 4 is 43.4 Å². The molecule has 2 heterocycles. The Kier molecular flexibility index (Phi) is 5.18. The largest absolute Gasteiger partial charge is 0.286 e.